The average Bonchev–Trinajstić information content (AvgIpc) is 2.34. The number of carbonyl (C=O) groups excluding carboxylic acids is 1. The molecule has 0 radical (unpaired) electrons. The van der Waals surface area contributed by atoms with Crippen molar-refractivity contribution >= 4 is 5.97 Å². The van der Waals surface area contributed by atoms with Crippen molar-refractivity contribution in [1.29, 1.82) is 0 Å². The van der Waals surface area contributed by atoms with E-state index in [9.17, 15) is 4.79 Å². The van der Waals surface area contributed by atoms with Crippen molar-refractivity contribution < 1.29 is 19.7 Å². The summed E-state index contributed by atoms with van der Waals surface area (Å²) < 4.78 is 4.55. The number of aliphatic hydroxyl groups is 2. The van der Waals surface area contributed by atoms with E-state index in [0.717, 1.165) is 0 Å². The van der Waals surface area contributed by atoms with E-state index in [0.29, 0.717) is 0 Å². The topological polar surface area (TPSA) is 66.8 Å². The summed E-state index contributed by atoms with van der Waals surface area (Å²) in [6, 6.07) is 0. The maximum Gasteiger partial charge on any atom is 0.331 e. The average molecular weight is 144 g/mol. The first-order valence-electron chi connectivity index (χ1n) is 2.92. The van der Waals surface area contributed by atoms with E-state index in [2.05, 4.69) is 4.74 Å². The molecule has 2 atom stereocenters. The molecule has 1 heterocycles. The largest absolute Gasteiger partial charge is 0.452 e. The predicted molar refractivity (Wildman–Crippen MR) is 32.1 cm³/mol. The highest BCUT2D eigenvalue weighted by molar-refractivity contribution is 5.84. The Kier molecular flexibility index (Phi) is 2.03. The Morgan fingerprint density at radius 2 is 2.50 bits per heavy atom. The van der Waals surface area contributed by atoms with E-state index in [1.54, 1.807) is 0 Å². The van der Waals surface area contributed by atoms with E-state index >= 15 is 0 Å². The zero-order valence-electron chi connectivity index (χ0n) is 5.23. The Morgan fingerprint density at radius 1 is 1.80 bits per heavy atom. The van der Waals surface area contributed by atoms with Crippen molar-refractivity contribution in [2.75, 3.05) is 6.61 Å². The van der Waals surface area contributed by atoms with Gasteiger partial charge in [-0.3, -0.25) is 0 Å². The summed E-state index contributed by atoms with van der Waals surface area (Å²) in [5, 5.41) is 17.3. The number of aliphatic hydroxyl groups excluding tert-OH is 2. The van der Waals surface area contributed by atoms with E-state index in [1.807, 2.05) is 0 Å². The van der Waals surface area contributed by atoms with Crippen LogP contribution in [0.3, 0.4) is 0 Å². The van der Waals surface area contributed by atoms with Gasteiger partial charge in [0.1, 0.15) is 12.2 Å². The lowest BCUT2D eigenvalue weighted by Gasteiger charge is -2.12. The molecular formula is C6H8O4. The monoisotopic (exact) mass is 144 g/mol. The SMILES string of the molecule is O=C1C=C[C@H]([C@H](O)CO)O1. The van der Waals surface area contributed by atoms with Crippen LogP contribution < -0.4 is 0 Å². The van der Waals surface area contributed by atoms with Crippen LogP contribution in [-0.2, 0) is 9.53 Å². The molecule has 2 N–H and O–H groups in total. The molecule has 0 fully saturated rings. The highest BCUT2D eigenvalue weighted by Gasteiger charge is 2.23. The summed E-state index contributed by atoms with van der Waals surface area (Å²) in [6.07, 6.45) is 0.979. The van der Waals surface area contributed by atoms with Gasteiger partial charge in [0.25, 0.3) is 0 Å². The van der Waals surface area contributed by atoms with Gasteiger partial charge in [-0.15, -0.1) is 0 Å². The van der Waals surface area contributed by atoms with Gasteiger partial charge in [0.05, 0.1) is 6.61 Å². The maximum atomic E-state index is 10.4. The van der Waals surface area contributed by atoms with E-state index < -0.39 is 24.8 Å². The molecule has 0 spiro atoms. The summed E-state index contributed by atoms with van der Waals surface area (Å²) in [5.41, 5.74) is 0. The van der Waals surface area contributed by atoms with Crippen molar-refractivity contribution in [3.05, 3.63) is 12.2 Å². The van der Waals surface area contributed by atoms with Crippen LogP contribution in [0.1, 0.15) is 0 Å². The normalized spacial score (nSPS) is 26.6. The third-order valence-corrected chi connectivity index (χ3v) is 1.24. The zero-order valence-corrected chi connectivity index (χ0v) is 5.23. The van der Waals surface area contributed by atoms with Crippen LogP contribution in [0.15, 0.2) is 12.2 Å². The van der Waals surface area contributed by atoms with Crippen LogP contribution in [0, 0.1) is 0 Å². The minimum atomic E-state index is -0.998. The molecule has 1 rings (SSSR count). The Hall–Kier alpha value is -0.870. The summed E-state index contributed by atoms with van der Waals surface area (Å²) in [6.45, 7) is -0.401. The molecule has 4 nitrogen and oxygen atoms in total. The number of hydrogen-bond acceptors (Lipinski definition) is 4. The molecular weight excluding hydrogens is 136 g/mol. The van der Waals surface area contributed by atoms with Crippen molar-refractivity contribution in [1.82, 2.24) is 0 Å². The van der Waals surface area contributed by atoms with Gasteiger partial charge in [0, 0.05) is 6.08 Å². The number of hydrogen-bond donors (Lipinski definition) is 2. The second-order valence-corrected chi connectivity index (χ2v) is 2.01. The zero-order chi connectivity index (χ0) is 7.56. The third-order valence-electron chi connectivity index (χ3n) is 1.24. The smallest absolute Gasteiger partial charge is 0.331 e. The second-order valence-electron chi connectivity index (χ2n) is 2.01. The molecule has 0 aromatic rings. The van der Waals surface area contributed by atoms with Crippen molar-refractivity contribution in [3.8, 4) is 0 Å². The molecule has 0 amide bonds. The molecule has 0 aliphatic carbocycles. The predicted octanol–water partition coefficient (Wildman–Crippen LogP) is -1.18. The fourth-order valence-electron chi connectivity index (χ4n) is 0.697. The lowest BCUT2D eigenvalue weighted by atomic mass is 10.2. The molecule has 0 bridgehead atoms. The maximum absolute atomic E-state index is 10.4. The standard InChI is InChI=1S/C6H8O4/c7-3-4(8)5-1-2-6(9)10-5/h1-2,4-5,7-8H,3H2/t4-,5-/m1/s1. The second kappa shape index (κ2) is 2.81. The first kappa shape index (κ1) is 7.24. The summed E-state index contributed by atoms with van der Waals surface area (Å²) in [5.74, 6) is -0.475. The quantitative estimate of drug-likeness (QED) is 0.479. The Bertz CT molecular complexity index is 163. The first-order valence-corrected chi connectivity index (χ1v) is 2.92. The number of cyclic esters (lactones) is 1. The van der Waals surface area contributed by atoms with E-state index in [4.69, 9.17) is 10.2 Å². The lowest BCUT2D eigenvalue weighted by Crippen LogP contribution is -2.28. The summed E-state index contributed by atoms with van der Waals surface area (Å²) in [4.78, 5) is 10.4. The lowest BCUT2D eigenvalue weighted by molar-refractivity contribution is -0.143. The summed E-state index contributed by atoms with van der Waals surface area (Å²) in [7, 11) is 0. The summed E-state index contributed by atoms with van der Waals surface area (Å²) >= 11 is 0. The van der Waals surface area contributed by atoms with Gasteiger partial charge in [-0.2, -0.15) is 0 Å². The van der Waals surface area contributed by atoms with Crippen molar-refractivity contribution in [2.24, 2.45) is 0 Å². The Balaban J connectivity index is 2.46. The van der Waals surface area contributed by atoms with Gasteiger partial charge in [-0.05, 0) is 6.08 Å². The van der Waals surface area contributed by atoms with Crippen LogP contribution in [0.5, 0.6) is 0 Å². The van der Waals surface area contributed by atoms with Crippen molar-refractivity contribution in [3.63, 3.8) is 0 Å². The van der Waals surface area contributed by atoms with E-state index in [-0.39, 0.29) is 0 Å². The first-order chi connectivity index (χ1) is 4.74. The number of ether oxygens (including phenoxy) is 1. The highest BCUT2D eigenvalue weighted by atomic mass is 16.6. The molecule has 0 unspecified atom stereocenters. The molecule has 0 aromatic carbocycles. The third kappa shape index (κ3) is 1.34. The number of esters is 1. The van der Waals surface area contributed by atoms with Gasteiger partial charge in [0.15, 0.2) is 0 Å². The minimum absolute atomic E-state index is 0.401. The molecule has 4 heteroatoms. The van der Waals surface area contributed by atoms with Crippen LogP contribution in [-0.4, -0.2) is 35.0 Å². The molecule has 1 aliphatic heterocycles. The molecule has 10 heavy (non-hydrogen) atoms. The van der Waals surface area contributed by atoms with Crippen LogP contribution in [0.25, 0.3) is 0 Å². The minimum Gasteiger partial charge on any atom is -0.452 e. The van der Waals surface area contributed by atoms with Gasteiger partial charge >= 0.3 is 5.97 Å². The number of carbonyl (C=O) groups is 1. The van der Waals surface area contributed by atoms with Gasteiger partial charge in [0.2, 0.25) is 0 Å². The van der Waals surface area contributed by atoms with Gasteiger partial charge < -0.3 is 14.9 Å². The van der Waals surface area contributed by atoms with E-state index in [1.165, 1.54) is 12.2 Å². The van der Waals surface area contributed by atoms with Crippen LogP contribution >= 0.6 is 0 Å². The van der Waals surface area contributed by atoms with Gasteiger partial charge in [-0.25, -0.2) is 4.79 Å². The fourth-order valence-corrected chi connectivity index (χ4v) is 0.697. The molecule has 56 valence electrons. The molecule has 0 saturated carbocycles. The fraction of sp³-hybridized carbons (Fsp3) is 0.500. The Labute approximate surface area is 57.7 Å². The molecule has 0 aromatic heterocycles. The highest BCUT2D eigenvalue weighted by Crippen LogP contribution is 2.08. The molecule has 1 aliphatic rings. The van der Waals surface area contributed by atoms with Crippen LogP contribution in [0.4, 0.5) is 0 Å². The number of rotatable bonds is 2. The Morgan fingerprint density at radius 3 is 2.90 bits per heavy atom. The van der Waals surface area contributed by atoms with Gasteiger partial charge in [-0.1, -0.05) is 0 Å². The van der Waals surface area contributed by atoms with Crippen LogP contribution in [0.2, 0.25) is 0 Å². The molecule has 0 saturated heterocycles. The van der Waals surface area contributed by atoms with Crippen molar-refractivity contribution in [2.45, 2.75) is 12.2 Å².